The number of piperidine rings is 1. The monoisotopic (exact) mass is 248 g/mol. The molecule has 1 unspecified atom stereocenters. The highest BCUT2D eigenvalue weighted by Crippen LogP contribution is 2.30. The Morgan fingerprint density at radius 2 is 2.35 bits per heavy atom. The van der Waals surface area contributed by atoms with E-state index >= 15 is 0 Å². The smallest absolute Gasteiger partial charge is 0.124 e. The van der Waals surface area contributed by atoms with E-state index in [-0.39, 0.29) is 5.92 Å². The molecule has 0 aliphatic carbocycles. The van der Waals surface area contributed by atoms with Crippen molar-refractivity contribution >= 4 is 23.6 Å². The van der Waals surface area contributed by atoms with Crippen LogP contribution < -0.4 is 4.90 Å². The summed E-state index contributed by atoms with van der Waals surface area (Å²) in [7, 11) is 0. The number of benzene rings is 1. The van der Waals surface area contributed by atoms with Gasteiger partial charge in [-0.25, -0.2) is 0 Å². The Kier molecular flexibility index (Phi) is 3.65. The zero-order chi connectivity index (χ0) is 12.3. The van der Waals surface area contributed by atoms with E-state index in [1.165, 1.54) is 0 Å². The van der Waals surface area contributed by atoms with E-state index in [1.807, 2.05) is 6.07 Å². The number of carbonyl (C=O) groups is 1. The van der Waals surface area contributed by atoms with Gasteiger partial charge in [0.05, 0.1) is 22.3 Å². The Balaban J connectivity index is 2.22. The van der Waals surface area contributed by atoms with Crippen LogP contribution in [0.2, 0.25) is 5.02 Å². The number of nitriles is 1. The Hall–Kier alpha value is -1.53. The summed E-state index contributed by atoms with van der Waals surface area (Å²) in [5.41, 5.74) is 1.47. The second-order valence-electron chi connectivity index (χ2n) is 4.26. The predicted octanol–water partition coefficient (Wildman–Crippen LogP) is 2.63. The zero-order valence-electron chi connectivity index (χ0n) is 9.40. The number of carbonyl (C=O) groups excluding carboxylic acids is 1. The Morgan fingerprint density at radius 1 is 1.53 bits per heavy atom. The number of anilines is 1. The lowest BCUT2D eigenvalue weighted by Crippen LogP contribution is -2.36. The molecule has 0 radical (unpaired) electrons. The van der Waals surface area contributed by atoms with Crippen molar-refractivity contribution in [1.82, 2.24) is 0 Å². The van der Waals surface area contributed by atoms with Gasteiger partial charge in [0, 0.05) is 19.0 Å². The largest absolute Gasteiger partial charge is 0.370 e. The van der Waals surface area contributed by atoms with Gasteiger partial charge in [-0.2, -0.15) is 5.26 Å². The van der Waals surface area contributed by atoms with Gasteiger partial charge in [0.25, 0.3) is 0 Å². The molecule has 0 saturated carbocycles. The molecule has 17 heavy (non-hydrogen) atoms. The summed E-state index contributed by atoms with van der Waals surface area (Å²) in [6.07, 6.45) is 2.97. The molecule has 1 fully saturated rings. The van der Waals surface area contributed by atoms with Gasteiger partial charge < -0.3 is 9.69 Å². The van der Waals surface area contributed by atoms with Crippen LogP contribution in [0.4, 0.5) is 5.69 Å². The lowest BCUT2D eigenvalue weighted by atomic mass is 9.99. The Morgan fingerprint density at radius 3 is 3.00 bits per heavy atom. The molecule has 0 bridgehead atoms. The number of rotatable bonds is 2. The maximum Gasteiger partial charge on any atom is 0.124 e. The number of nitrogens with zero attached hydrogens (tertiary/aromatic N) is 2. The molecule has 1 atom stereocenters. The molecule has 0 spiro atoms. The second kappa shape index (κ2) is 5.20. The highest BCUT2D eigenvalue weighted by Gasteiger charge is 2.21. The third-order valence-electron chi connectivity index (χ3n) is 3.07. The van der Waals surface area contributed by atoms with E-state index in [4.69, 9.17) is 16.9 Å². The molecule has 88 valence electrons. The molecule has 3 nitrogen and oxygen atoms in total. The van der Waals surface area contributed by atoms with Crippen LogP contribution in [0.15, 0.2) is 18.2 Å². The average molecular weight is 249 g/mol. The van der Waals surface area contributed by atoms with Crippen molar-refractivity contribution < 1.29 is 4.79 Å². The molecular weight excluding hydrogens is 236 g/mol. The fraction of sp³-hybridized carbons (Fsp3) is 0.385. The van der Waals surface area contributed by atoms with Crippen LogP contribution in [0.5, 0.6) is 0 Å². The van der Waals surface area contributed by atoms with Crippen molar-refractivity contribution in [2.24, 2.45) is 5.92 Å². The van der Waals surface area contributed by atoms with E-state index in [0.717, 1.165) is 37.9 Å². The summed E-state index contributed by atoms with van der Waals surface area (Å²) in [5, 5.41) is 9.35. The van der Waals surface area contributed by atoms with E-state index in [9.17, 15) is 4.79 Å². The molecule has 0 aromatic heterocycles. The van der Waals surface area contributed by atoms with Crippen molar-refractivity contribution in [1.29, 1.82) is 5.26 Å². The van der Waals surface area contributed by atoms with E-state index in [0.29, 0.717) is 10.6 Å². The molecule has 1 saturated heterocycles. The third-order valence-corrected chi connectivity index (χ3v) is 3.37. The van der Waals surface area contributed by atoms with Gasteiger partial charge in [-0.3, -0.25) is 0 Å². The molecular formula is C13H13ClN2O. The van der Waals surface area contributed by atoms with Crippen molar-refractivity contribution in [3.05, 3.63) is 28.8 Å². The van der Waals surface area contributed by atoms with Crippen LogP contribution in [0, 0.1) is 17.2 Å². The predicted molar refractivity (Wildman–Crippen MR) is 67.2 cm³/mol. The first-order valence-electron chi connectivity index (χ1n) is 5.64. The van der Waals surface area contributed by atoms with Gasteiger partial charge >= 0.3 is 0 Å². The fourth-order valence-electron chi connectivity index (χ4n) is 2.17. The quantitative estimate of drug-likeness (QED) is 0.756. The van der Waals surface area contributed by atoms with Gasteiger partial charge in [0.1, 0.15) is 6.29 Å². The first kappa shape index (κ1) is 11.9. The molecule has 4 heteroatoms. The molecule has 0 amide bonds. The molecule has 2 rings (SSSR count). The normalized spacial score (nSPS) is 19.8. The summed E-state index contributed by atoms with van der Waals surface area (Å²) in [6.45, 7) is 1.63. The van der Waals surface area contributed by atoms with E-state index in [1.54, 1.807) is 12.1 Å². The van der Waals surface area contributed by atoms with Gasteiger partial charge in [-0.05, 0) is 31.0 Å². The molecule has 1 aliphatic rings. The number of hydrogen-bond acceptors (Lipinski definition) is 3. The second-order valence-corrected chi connectivity index (χ2v) is 4.67. The lowest BCUT2D eigenvalue weighted by molar-refractivity contribution is -0.111. The summed E-state index contributed by atoms with van der Waals surface area (Å²) < 4.78 is 0. The SMILES string of the molecule is N#Cc1ccc(N2CCCC(C=O)C2)c(Cl)c1. The van der Waals surface area contributed by atoms with Gasteiger partial charge in [-0.15, -0.1) is 0 Å². The van der Waals surface area contributed by atoms with Crippen LogP contribution in [0.25, 0.3) is 0 Å². The minimum Gasteiger partial charge on any atom is -0.370 e. The van der Waals surface area contributed by atoms with Crippen LogP contribution in [-0.2, 0) is 4.79 Å². The van der Waals surface area contributed by atoms with Crippen molar-refractivity contribution in [3.8, 4) is 6.07 Å². The summed E-state index contributed by atoms with van der Waals surface area (Å²) in [4.78, 5) is 12.9. The molecule has 1 aromatic rings. The van der Waals surface area contributed by atoms with Crippen molar-refractivity contribution in [2.45, 2.75) is 12.8 Å². The fourth-order valence-corrected chi connectivity index (χ4v) is 2.47. The molecule has 1 aromatic carbocycles. The summed E-state index contributed by atoms with van der Waals surface area (Å²) in [5.74, 6) is 0.0930. The maximum atomic E-state index is 10.8. The van der Waals surface area contributed by atoms with Gasteiger partial charge in [0.2, 0.25) is 0 Å². The Bertz CT molecular complexity index is 467. The first-order valence-corrected chi connectivity index (χ1v) is 6.02. The van der Waals surface area contributed by atoms with E-state index < -0.39 is 0 Å². The summed E-state index contributed by atoms with van der Waals surface area (Å²) in [6, 6.07) is 7.34. The zero-order valence-corrected chi connectivity index (χ0v) is 10.2. The number of halogens is 1. The number of aldehydes is 1. The van der Waals surface area contributed by atoms with Gasteiger partial charge in [0.15, 0.2) is 0 Å². The van der Waals surface area contributed by atoms with Crippen molar-refractivity contribution in [3.63, 3.8) is 0 Å². The van der Waals surface area contributed by atoms with Crippen LogP contribution in [0.1, 0.15) is 18.4 Å². The minimum atomic E-state index is 0.0930. The topological polar surface area (TPSA) is 44.1 Å². The van der Waals surface area contributed by atoms with E-state index in [2.05, 4.69) is 11.0 Å². The Labute approximate surface area is 106 Å². The standard InChI is InChI=1S/C13H13ClN2O/c14-12-6-10(7-15)3-4-13(12)16-5-1-2-11(8-16)9-17/h3-4,6,9,11H,1-2,5,8H2. The highest BCUT2D eigenvalue weighted by atomic mass is 35.5. The van der Waals surface area contributed by atoms with Gasteiger partial charge in [-0.1, -0.05) is 11.6 Å². The lowest BCUT2D eigenvalue weighted by Gasteiger charge is -2.32. The molecule has 1 aliphatic heterocycles. The maximum absolute atomic E-state index is 10.8. The van der Waals surface area contributed by atoms with Crippen molar-refractivity contribution in [2.75, 3.05) is 18.0 Å². The molecule has 1 heterocycles. The van der Waals surface area contributed by atoms with Crippen LogP contribution in [0.3, 0.4) is 0 Å². The van der Waals surface area contributed by atoms with Crippen LogP contribution >= 0.6 is 11.6 Å². The van der Waals surface area contributed by atoms with Crippen LogP contribution in [-0.4, -0.2) is 19.4 Å². The molecule has 0 N–H and O–H groups in total. The summed E-state index contributed by atoms with van der Waals surface area (Å²) >= 11 is 6.15. The minimum absolute atomic E-state index is 0.0930. The third kappa shape index (κ3) is 2.59. The average Bonchev–Trinajstić information content (AvgIpc) is 2.38. The number of hydrogen-bond donors (Lipinski definition) is 0. The first-order chi connectivity index (χ1) is 8.24. The highest BCUT2D eigenvalue weighted by molar-refractivity contribution is 6.33.